The lowest BCUT2D eigenvalue weighted by Gasteiger charge is -2.10. The summed E-state index contributed by atoms with van der Waals surface area (Å²) in [6, 6.07) is 17.1. The number of carbonyl (C=O) groups is 1. The van der Waals surface area contributed by atoms with Crippen LogP contribution < -0.4 is 9.47 Å². The summed E-state index contributed by atoms with van der Waals surface area (Å²) in [5, 5.41) is 0. The molecule has 0 saturated heterocycles. The summed E-state index contributed by atoms with van der Waals surface area (Å²) in [6.07, 6.45) is 1.25. The van der Waals surface area contributed by atoms with Crippen molar-refractivity contribution in [2.24, 2.45) is 0 Å². The van der Waals surface area contributed by atoms with Crippen LogP contribution in [-0.2, 0) is 0 Å². The highest BCUT2D eigenvalue weighted by Gasteiger charge is 2.09. The molecule has 0 amide bonds. The molecule has 0 atom stereocenters. The van der Waals surface area contributed by atoms with Crippen molar-refractivity contribution in [2.75, 3.05) is 13.2 Å². The lowest BCUT2D eigenvalue weighted by Crippen LogP contribution is -2.07. The largest absolute Gasteiger partial charge is 0.493 e. The molecule has 0 bridgehead atoms. The van der Waals surface area contributed by atoms with Gasteiger partial charge in [0.25, 0.3) is 0 Å². The third-order valence-corrected chi connectivity index (χ3v) is 3.07. The van der Waals surface area contributed by atoms with E-state index in [2.05, 4.69) is 0 Å². The topological polar surface area (TPSA) is 35.5 Å². The Labute approximate surface area is 125 Å². The van der Waals surface area contributed by atoms with E-state index in [9.17, 15) is 4.79 Å². The van der Waals surface area contributed by atoms with Crippen LogP contribution in [0.1, 0.15) is 30.1 Å². The molecular weight excluding hydrogens is 264 g/mol. The minimum Gasteiger partial charge on any atom is -0.493 e. The third-order valence-electron chi connectivity index (χ3n) is 3.07. The maximum Gasteiger partial charge on any atom is 0.166 e. The Balaban J connectivity index is 1.77. The molecule has 0 aliphatic rings. The summed E-state index contributed by atoms with van der Waals surface area (Å²) in [4.78, 5) is 11.8. The van der Waals surface area contributed by atoms with Gasteiger partial charge in [0.1, 0.15) is 11.5 Å². The lowest BCUT2D eigenvalue weighted by molar-refractivity contribution is 0.0984. The molecule has 0 aliphatic carbocycles. The fourth-order valence-electron chi connectivity index (χ4n) is 1.96. The first kappa shape index (κ1) is 15.1. The molecule has 3 nitrogen and oxygen atoms in total. The summed E-state index contributed by atoms with van der Waals surface area (Å²) in [7, 11) is 0. The molecule has 0 unspecified atom stereocenters. The SMILES string of the molecule is CCC(=O)c1ccccc1OCCCOc1ccccc1. The minimum absolute atomic E-state index is 0.103. The van der Waals surface area contributed by atoms with Gasteiger partial charge in [-0.15, -0.1) is 0 Å². The number of para-hydroxylation sites is 2. The Bertz CT molecular complexity index is 564. The number of hydrogen-bond donors (Lipinski definition) is 0. The molecule has 0 radical (unpaired) electrons. The average Bonchev–Trinajstić information content (AvgIpc) is 2.55. The number of ketones is 1. The molecule has 0 aliphatic heterocycles. The van der Waals surface area contributed by atoms with Gasteiger partial charge >= 0.3 is 0 Å². The number of rotatable bonds is 8. The zero-order valence-electron chi connectivity index (χ0n) is 12.2. The van der Waals surface area contributed by atoms with Gasteiger partial charge < -0.3 is 9.47 Å². The highest BCUT2D eigenvalue weighted by molar-refractivity contribution is 5.98. The van der Waals surface area contributed by atoms with Gasteiger partial charge in [-0.25, -0.2) is 0 Å². The molecule has 3 heteroatoms. The second kappa shape index (κ2) is 8.10. The van der Waals surface area contributed by atoms with E-state index >= 15 is 0 Å². The van der Waals surface area contributed by atoms with Crippen LogP contribution in [-0.4, -0.2) is 19.0 Å². The van der Waals surface area contributed by atoms with Crippen LogP contribution in [0, 0.1) is 0 Å². The Morgan fingerprint density at radius 2 is 1.57 bits per heavy atom. The fourth-order valence-corrected chi connectivity index (χ4v) is 1.96. The summed E-state index contributed by atoms with van der Waals surface area (Å²) in [5.74, 6) is 1.62. The highest BCUT2D eigenvalue weighted by Crippen LogP contribution is 2.19. The van der Waals surface area contributed by atoms with Crippen molar-refractivity contribution >= 4 is 5.78 Å². The minimum atomic E-state index is 0.103. The van der Waals surface area contributed by atoms with Crippen LogP contribution in [0.2, 0.25) is 0 Å². The first-order valence-corrected chi connectivity index (χ1v) is 7.24. The molecule has 0 spiro atoms. The van der Waals surface area contributed by atoms with E-state index in [4.69, 9.17) is 9.47 Å². The predicted octanol–water partition coefficient (Wildman–Crippen LogP) is 4.13. The number of benzene rings is 2. The van der Waals surface area contributed by atoms with E-state index in [0.29, 0.717) is 30.9 Å². The zero-order chi connectivity index (χ0) is 14.9. The summed E-state index contributed by atoms with van der Waals surface area (Å²) in [5.41, 5.74) is 0.656. The molecule has 0 heterocycles. The second-order valence-electron chi connectivity index (χ2n) is 4.64. The fraction of sp³-hybridized carbons (Fsp3) is 0.278. The van der Waals surface area contributed by atoms with Crippen molar-refractivity contribution in [3.63, 3.8) is 0 Å². The van der Waals surface area contributed by atoms with Gasteiger partial charge in [-0.1, -0.05) is 37.3 Å². The Morgan fingerprint density at radius 3 is 2.33 bits per heavy atom. The van der Waals surface area contributed by atoms with E-state index in [0.717, 1.165) is 12.2 Å². The second-order valence-corrected chi connectivity index (χ2v) is 4.64. The van der Waals surface area contributed by atoms with Crippen molar-refractivity contribution in [1.29, 1.82) is 0 Å². The maximum absolute atomic E-state index is 11.8. The number of Topliss-reactive ketones (excluding diaryl/α,β-unsaturated/α-hetero) is 1. The van der Waals surface area contributed by atoms with Crippen molar-refractivity contribution in [3.05, 3.63) is 60.2 Å². The van der Waals surface area contributed by atoms with Gasteiger partial charge in [0.2, 0.25) is 0 Å². The molecule has 0 N–H and O–H groups in total. The molecule has 21 heavy (non-hydrogen) atoms. The Kier molecular flexibility index (Phi) is 5.83. The molecule has 0 saturated carbocycles. The van der Waals surface area contributed by atoms with Crippen molar-refractivity contribution < 1.29 is 14.3 Å². The van der Waals surface area contributed by atoms with Crippen molar-refractivity contribution in [1.82, 2.24) is 0 Å². The highest BCUT2D eigenvalue weighted by atomic mass is 16.5. The third kappa shape index (κ3) is 4.63. The van der Waals surface area contributed by atoms with E-state index < -0.39 is 0 Å². The van der Waals surface area contributed by atoms with E-state index in [1.54, 1.807) is 0 Å². The Hall–Kier alpha value is -2.29. The van der Waals surface area contributed by atoms with Gasteiger partial charge in [0.15, 0.2) is 5.78 Å². The van der Waals surface area contributed by atoms with Gasteiger partial charge in [-0.05, 0) is 24.3 Å². The quantitative estimate of drug-likeness (QED) is 0.540. The average molecular weight is 284 g/mol. The monoisotopic (exact) mass is 284 g/mol. The molecule has 2 rings (SSSR count). The van der Waals surface area contributed by atoms with Crippen LogP contribution in [0.15, 0.2) is 54.6 Å². The van der Waals surface area contributed by atoms with E-state index in [1.165, 1.54) is 0 Å². The first-order chi connectivity index (χ1) is 10.3. The van der Waals surface area contributed by atoms with Crippen LogP contribution in [0.25, 0.3) is 0 Å². The maximum atomic E-state index is 11.8. The molecule has 0 fully saturated rings. The number of hydrogen-bond acceptors (Lipinski definition) is 3. The first-order valence-electron chi connectivity index (χ1n) is 7.24. The summed E-state index contributed by atoms with van der Waals surface area (Å²) >= 11 is 0. The molecule has 110 valence electrons. The smallest absolute Gasteiger partial charge is 0.166 e. The van der Waals surface area contributed by atoms with Gasteiger partial charge in [0.05, 0.1) is 18.8 Å². The van der Waals surface area contributed by atoms with Crippen LogP contribution >= 0.6 is 0 Å². The predicted molar refractivity (Wildman–Crippen MR) is 83.1 cm³/mol. The molecular formula is C18H20O3. The summed E-state index contributed by atoms with van der Waals surface area (Å²) < 4.78 is 11.3. The van der Waals surface area contributed by atoms with E-state index in [-0.39, 0.29) is 5.78 Å². The van der Waals surface area contributed by atoms with Crippen LogP contribution in [0.3, 0.4) is 0 Å². The lowest BCUT2D eigenvalue weighted by atomic mass is 10.1. The van der Waals surface area contributed by atoms with E-state index in [1.807, 2.05) is 61.5 Å². The molecule has 0 aromatic heterocycles. The van der Waals surface area contributed by atoms with Crippen LogP contribution in [0.5, 0.6) is 11.5 Å². The van der Waals surface area contributed by atoms with Crippen LogP contribution in [0.4, 0.5) is 0 Å². The molecule has 2 aromatic rings. The van der Waals surface area contributed by atoms with Crippen molar-refractivity contribution in [3.8, 4) is 11.5 Å². The zero-order valence-corrected chi connectivity index (χ0v) is 12.2. The standard InChI is InChI=1S/C18H20O3/c1-2-17(19)16-11-6-7-12-18(16)21-14-8-13-20-15-9-4-3-5-10-15/h3-7,9-12H,2,8,13-14H2,1H3. The van der Waals surface area contributed by atoms with Gasteiger partial charge in [-0.2, -0.15) is 0 Å². The summed E-state index contributed by atoms with van der Waals surface area (Å²) in [6.45, 7) is 2.97. The number of ether oxygens (including phenoxy) is 2. The van der Waals surface area contributed by atoms with Crippen molar-refractivity contribution in [2.45, 2.75) is 19.8 Å². The Morgan fingerprint density at radius 1 is 0.905 bits per heavy atom. The normalized spacial score (nSPS) is 10.1. The molecule has 2 aromatic carbocycles. The van der Waals surface area contributed by atoms with Gasteiger partial charge in [0, 0.05) is 12.8 Å². The van der Waals surface area contributed by atoms with Gasteiger partial charge in [-0.3, -0.25) is 4.79 Å². The number of carbonyl (C=O) groups excluding carboxylic acids is 1.